The summed E-state index contributed by atoms with van der Waals surface area (Å²) in [7, 11) is 1.21. The number of ether oxygens (including phenoxy) is 2. The van der Waals surface area contributed by atoms with Crippen LogP contribution < -0.4 is 5.32 Å². The molecule has 0 unspecified atom stereocenters. The highest BCUT2D eigenvalue weighted by Gasteiger charge is 2.39. The first-order valence-corrected chi connectivity index (χ1v) is 9.79. The third-order valence-corrected chi connectivity index (χ3v) is 4.74. The SMILES string of the molecule is COC(=O)[C@@H](CC(=O)OC(C)(C)C)NC(=O)C(C)(c1ccccc1)c1ccccc1. The lowest BCUT2D eigenvalue weighted by Crippen LogP contribution is -2.51. The van der Waals surface area contributed by atoms with Gasteiger partial charge in [0.15, 0.2) is 0 Å². The molecule has 2 rings (SSSR count). The van der Waals surface area contributed by atoms with Gasteiger partial charge in [-0.1, -0.05) is 60.7 Å². The summed E-state index contributed by atoms with van der Waals surface area (Å²) in [6.07, 6.45) is -0.324. The lowest BCUT2D eigenvalue weighted by molar-refractivity contribution is -0.159. The van der Waals surface area contributed by atoms with Crippen LogP contribution in [-0.4, -0.2) is 36.6 Å². The molecule has 30 heavy (non-hydrogen) atoms. The number of carbonyl (C=O) groups excluding carboxylic acids is 3. The molecule has 0 saturated carbocycles. The molecule has 0 spiro atoms. The molecule has 2 aromatic carbocycles. The van der Waals surface area contributed by atoms with Gasteiger partial charge in [0.05, 0.1) is 18.9 Å². The molecule has 0 aromatic heterocycles. The van der Waals surface area contributed by atoms with E-state index in [1.54, 1.807) is 27.7 Å². The maximum Gasteiger partial charge on any atom is 0.328 e. The largest absolute Gasteiger partial charge is 0.467 e. The molecule has 0 radical (unpaired) electrons. The second-order valence-corrected chi connectivity index (χ2v) is 8.20. The molecule has 1 amide bonds. The molecule has 0 aliphatic rings. The minimum atomic E-state index is -1.16. The Kier molecular flexibility index (Phi) is 7.38. The van der Waals surface area contributed by atoms with Crippen molar-refractivity contribution in [2.75, 3.05) is 7.11 Å². The Bertz CT molecular complexity index is 832. The highest BCUT2D eigenvalue weighted by Crippen LogP contribution is 2.32. The van der Waals surface area contributed by atoms with Gasteiger partial charge in [-0.05, 0) is 38.8 Å². The molecular formula is C24H29NO5. The van der Waals surface area contributed by atoms with Crippen molar-refractivity contribution in [3.63, 3.8) is 0 Å². The van der Waals surface area contributed by atoms with Gasteiger partial charge >= 0.3 is 11.9 Å². The third-order valence-electron chi connectivity index (χ3n) is 4.74. The van der Waals surface area contributed by atoms with Crippen LogP contribution in [0.15, 0.2) is 60.7 Å². The van der Waals surface area contributed by atoms with Crippen molar-refractivity contribution >= 4 is 17.8 Å². The van der Waals surface area contributed by atoms with E-state index in [-0.39, 0.29) is 6.42 Å². The van der Waals surface area contributed by atoms with Crippen LogP contribution in [0.5, 0.6) is 0 Å². The third kappa shape index (κ3) is 5.69. The quantitative estimate of drug-likeness (QED) is 0.707. The van der Waals surface area contributed by atoms with Gasteiger partial charge in [0.2, 0.25) is 5.91 Å². The fourth-order valence-electron chi connectivity index (χ4n) is 3.16. The Morgan fingerprint density at radius 1 is 0.867 bits per heavy atom. The summed E-state index contributed by atoms with van der Waals surface area (Å²) < 4.78 is 10.1. The van der Waals surface area contributed by atoms with Gasteiger partial charge in [-0.2, -0.15) is 0 Å². The van der Waals surface area contributed by atoms with E-state index < -0.39 is 34.9 Å². The zero-order chi connectivity index (χ0) is 22.4. The summed E-state index contributed by atoms with van der Waals surface area (Å²) in [6, 6.07) is 17.4. The Labute approximate surface area is 177 Å². The smallest absolute Gasteiger partial charge is 0.328 e. The van der Waals surface area contributed by atoms with E-state index in [1.165, 1.54) is 7.11 Å². The van der Waals surface area contributed by atoms with Crippen LogP contribution in [-0.2, 0) is 29.3 Å². The number of hydrogen-bond donors (Lipinski definition) is 1. The van der Waals surface area contributed by atoms with Crippen LogP contribution in [0, 0.1) is 0 Å². The Hall–Kier alpha value is -3.15. The summed E-state index contributed by atoms with van der Waals surface area (Å²) in [5.74, 6) is -1.73. The molecule has 6 nitrogen and oxygen atoms in total. The van der Waals surface area contributed by atoms with Crippen LogP contribution in [0.3, 0.4) is 0 Å². The van der Waals surface area contributed by atoms with Crippen LogP contribution in [0.2, 0.25) is 0 Å². The predicted molar refractivity (Wildman–Crippen MR) is 114 cm³/mol. The van der Waals surface area contributed by atoms with Crippen molar-refractivity contribution in [2.45, 2.75) is 51.2 Å². The number of rotatable bonds is 7. The zero-order valence-corrected chi connectivity index (χ0v) is 18.1. The molecule has 0 bridgehead atoms. The number of amides is 1. The Morgan fingerprint density at radius 3 is 1.73 bits per heavy atom. The van der Waals surface area contributed by atoms with Gasteiger partial charge in [0, 0.05) is 0 Å². The fourth-order valence-corrected chi connectivity index (χ4v) is 3.16. The summed E-state index contributed by atoms with van der Waals surface area (Å²) in [6.45, 7) is 6.99. The van der Waals surface area contributed by atoms with E-state index in [1.807, 2.05) is 60.7 Å². The van der Waals surface area contributed by atoms with Crippen LogP contribution in [0.1, 0.15) is 45.2 Å². The Morgan fingerprint density at radius 2 is 1.33 bits per heavy atom. The first-order chi connectivity index (χ1) is 14.1. The van der Waals surface area contributed by atoms with Crippen LogP contribution >= 0.6 is 0 Å². The van der Waals surface area contributed by atoms with Gasteiger partial charge in [-0.15, -0.1) is 0 Å². The lowest BCUT2D eigenvalue weighted by Gasteiger charge is -2.31. The van der Waals surface area contributed by atoms with Gasteiger partial charge in [-0.25, -0.2) is 4.79 Å². The minimum Gasteiger partial charge on any atom is -0.467 e. The predicted octanol–water partition coefficient (Wildman–Crippen LogP) is 3.38. The molecule has 0 fully saturated rings. The van der Waals surface area contributed by atoms with Gasteiger partial charge in [-0.3, -0.25) is 9.59 Å². The average Bonchev–Trinajstić information content (AvgIpc) is 2.71. The van der Waals surface area contributed by atoms with Crippen LogP contribution in [0.25, 0.3) is 0 Å². The molecule has 1 N–H and O–H groups in total. The molecule has 0 aliphatic carbocycles. The van der Waals surface area contributed by atoms with Crippen molar-refractivity contribution in [1.82, 2.24) is 5.32 Å². The minimum absolute atomic E-state index is 0.324. The molecular weight excluding hydrogens is 382 g/mol. The van der Waals surface area contributed by atoms with E-state index in [4.69, 9.17) is 9.47 Å². The standard InChI is InChI=1S/C24H29NO5/c1-23(2,3)30-20(26)16-19(21(27)29-5)25-22(28)24(4,17-12-8-6-9-13-17)18-14-10-7-11-15-18/h6-15,19H,16H2,1-5H3,(H,25,28)/t19-/m1/s1. The monoisotopic (exact) mass is 411 g/mol. The van der Waals surface area contributed by atoms with E-state index in [2.05, 4.69) is 5.32 Å². The number of esters is 2. The van der Waals surface area contributed by atoms with E-state index in [0.29, 0.717) is 0 Å². The molecule has 6 heteroatoms. The molecule has 160 valence electrons. The molecule has 0 saturated heterocycles. The van der Waals surface area contributed by atoms with Crippen LogP contribution in [0.4, 0.5) is 0 Å². The zero-order valence-electron chi connectivity index (χ0n) is 18.1. The second-order valence-electron chi connectivity index (χ2n) is 8.20. The van der Waals surface area contributed by atoms with E-state index >= 15 is 0 Å². The normalized spacial score (nSPS) is 12.6. The highest BCUT2D eigenvalue weighted by molar-refractivity contribution is 5.95. The summed E-state index contributed by atoms with van der Waals surface area (Å²) in [5, 5.41) is 2.71. The van der Waals surface area contributed by atoms with Crippen molar-refractivity contribution in [3.8, 4) is 0 Å². The van der Waals surface area contributed by atoms with Crippen molar-refractivity contribution < 1.29 is 23.9 Å². The average molecular weight is 411 g/mol. The van der Waals surface area contributed by atoms with Gasteiger partial charge < -0.3 is 14.8 Å². The number of hydrogen-bond acceptors (Lipinski definition) is 5. The maximum absolute atomic E-state index is 13.5. The molecule has 0 heterocycles. The van der Waals surface area contributed by atoms with Crippen molar-refractivity contribution in [2.24, 2.45) is 0 Å². The number of nitrogens with one attached hydrogen (secondary N) is 1. The summed E-state index contributed by atoms with van der Waals surface area (Å²) in [5.41, 5.74) is -0.267. The van der Waals surface area contributed by atoms with Gasteiger partial charge in [0.1, 0.15) is 11.6 Å². The van der Waals surface area contributed by atoms with Crippen molar-refractivity contribution in [1.29, 1.82) is 0 Å². The number of carbonyl (C=O) groups is 3. The van der Waals surface area contributed by atoms with E-state index in [9.17, 15) is 14.4 Å². The highest BCUT2D eigenvalue weighted by atomic mass is 16.6. The first-order valence-electron chi connectivity index (χ1n) is 9.79. The van der Waals surface area contributed by atoms with E-state index in [0.717, 1.165) is 11.1 Å². The topological polar surface area (TPSA) is 81.7 Å². The molecule has 1 atom stereocenters. The summed E-state index contributed by atoms with van der Waals surface area (Å²) >= 11 is 0. The Balaban J connectivity index is 2.36. The summed E-state index contributed by atoms with van der Waals surface area (Å²) in [4.78, 5) is 38.1. The lowest BCUT2D eigenvalue weighted by atomic mass is 9.75. The van der Waals surface area contributed by atoms with Gasteiger partial charge in [0.25, 0.3) is 0 Å². The molecule has 0 aliphatic heterocycles. The molecule has 2 aromatic rings. The number of benzene rings is 2. The fraction of sp³-hybridized carbons (Fsp3) is 0.375. The second kappa shape index (κ2) is 9.57. The van der Waals surface area contributed by atoms with Crippen molar-refractivity contribution in [3.05, 3.63) is 71.8 Å². The number of methoxy groups -OCH3 is 1. The first kappa shape index (κ1) is 23.1. The maximum atomic E-state index is 13.5.